The van der Waals surface area contributed by atoms with Gasteiger partial charge in [-0.15, -0.1) is 11.6 Å². The van der Waals surface area contributed by atoms with Crippen LogP contribution in [0, 0.1) is 0 Å². The zero-order chi connectivity index (χ0) is 14.3. The number of nitrogens with zero attached hydrogens (tertiary/aromatic N) is 2. The van der Waals surface area contributed by atoms with Gasteiger partial charge < -0.3 is 9.30 Å². The van der Waals surface area contributed by atoms with Gasteiger partial charge in [-0.05, 0) is 38.8 Å². The van der Waals surface area contributed by atoms with Crippen molar-refractivity contribution in [1.29, 1.82) is 0 Å². The topological polar surface area (TPSA) is 27.1 Å². The third-order valence-corrected chi connectivity index (χ3v) is 4.38. The SMILES string of the molecule is CCOC1CC(n2c(C(C)Cl)nc3cccc(Cl)c32)C1. The molecule has 0 saturated heterocycles. The summed E-state index contributed by atoms with van der Waals surface area (Å²) in [5, 5.41) is 0.600. The number of hydrogen-bond acceptors (Lipinski definition) is 2. The minimum atomic E-state index is -0.135. The monoisotopic (exact) mass is 312 g/mol. The molecule has 1 aliphatic rings. The molecule has 3 nitrogen and oxygen atoms in total. The Hall–Kier alpha value is -0.770. The highest BCUT2D eigenvalue weighted by molar-refractivity contribution is 6.35. The Morgan fingerprint density at radius 2 is 2.20 bits per heavy atom. The lowest BCUT2D eigenvalue weighted by atomic mass is 9.88. The molecule has 1 aromatic carbocycles. The normalized spacial score (nSPS) is 23.8. The summed E-state index contributed by atoms with van der Waals surface area (Å²) in [6.45, 7) is 4.75. The second kappa shape index (κ2) is 5.55. The maximum atomic E-state index is 6.37. The molecule has 1 saturated carbocycles. The number of halogens is 2. The van der Waals surface area contributed by atoms with E-state index in [2.05, 4.69) is 9.55 Å². The Kier molecular flexibility index (Phi) is 3.93. The van der Waals surface area contributed by atoms with E-state index in [4.69, 9.17) is 27.9 Å². The van der Waals surface area contributed by atoms with E-state index >= 15 is 0 Å². The van der Waals surface area contributed by atoms with Gasteiger partial charge in [0, 0.05) is 12.6 Å². The summed E-state index contributed by atoms with van der Waals surface area (Å²) in [6.07, 6.45) is 2.35. The van der Waals surface area contributed by atoms with Crippen LogP contribution in [0.3, 0.4) is 0 Å². The Morgan fingerprint density at radius 3 is 2.85 bits per heavy atom. The van der Waals surface area contributed by atoms with Crippen LogP contribution in [0.25, 0.3) is 11.0 Å². The van der Waals surface area contributed by atoms with Crippen LogP contribution in [0.15, 0.2) is 18.2 Å². The zero-order valence-corrected chi connectivity index (χ0v) is 13.2. The molecule has 0 N–H and O–H groups in total. The van der Waals surface area contributed by atoms with Crippen molar-refractivity contribution in [3.05, 3.63) is 29.0 Å². The molecule has 3 rings (SSSR count). The first-order chi connectivity index (χ1) is 9.61. The highest BCUT2D eigenvalue weighted by Crippen LogP contribution is 2.41. The minimum absolute atomic E-state index is 0.135. The Bertz CT molecular complexity index is 618. The first kappa shape index (κ1) is 14.2. The van der Waals surface area contributed by atoms with Crippen molar-refractivity contribution in [2.45, 2.75) is 44.2 Å². The second-order valence-corrected chi connectivity index (χ2v) is 6.33. The number of imidazole rings is 1. The Morgan fingerprint density at radius 1 is 1.45 bits per heavy atom. The van der Waals surface area contributed by atoms with Crippen molar-refractivity contribution in [3.8, 4) is 0 Å². The first-order valence-corrected chi connectivity index (χ1v) is 7.85. The molecule has 1 atom stereocenters. The molecule has 5 heteroatoms. The first-order valence-electron chi connectivity index (χ1n) is 7.03. The van der Waals surface area contributed by atoms with Gasteiger partial charge in [-0.1, -0.05) is 17.7 Å². The van der Waals surface area contributed by atoms with Crippen molar-refractivity contribution in [2.24, 2.45) is 0 Å². The van der Waals surface area contributed by atoms with Crippen molar-refractivity contribution in [1.82, 2.24) is 9.55 Å². The summed E-state index contributed by atoms with van der Waals surface area (Å²) in [5.41, 5.74) is 1.91. The summed E-state index contributed by atoms with van der Waals surface area (Å²) in [4.78, 5) is 4.65. The summed E-state index contributed by atoms with van der Waals surface area (Å²) in [6, 6.07) is 6.20. The number of ether oxygens (including phenoxy) is 1. The van der Waals surface area contributed by atoms with Crippen LogP contribution in [0.2, 0.25) is 5.02 Å². The van der Waals surface area contributed by atoms with E-state index in [0.717, 1.165) is 41.3 Å². The van der Waals surface area contributed by atoms with Gasteiger partial charge in [0.1, 0.15) is 5.82 Å². The molecule has 0 aliphatic heterocycles. The Balaban J connectivity index is 2.02. The molecule has 1 heterocycles. The molecule has 0 bridgehead atoms. The highest BCUT2D eigenvalue weighted by Gasteiger charge is 2.34. The third kappa shape index (κ3) is 2.32. The van der Waals surface area contributed by atoms with E-state index in [1.54, 1.807) is 0 Å². The molecule has 1 unspecified atom stereocenters. The summed E-state index contributed by atoms with van der Waals surface area (Å²) in [7, 11) is 0. The van der Waals surface area contributed by atoms with Crippen molar-refractivity contribution >= 4 is 34.2 Å². The number of para-hydroxylation sites is 1. The van der Waals surface area contributed by atoms with Gasteiger partial charge in [0.25, 0.3) is 0 Å². The van der Waals surface area contributed by atoms with Crippen LogP contribution in [-0.2, 0) is 4.74 Å². The fourth-order valence-corrected chi connectivity index (χ4v) is 3.31. The van der Waals surface area contributed by atoms with Gasteiger partial charge >= 0.3 is 0 Å². The van der Waals surface area contributed by atoms with E-state index in [-0.39, 0.29) is 5.38 Å². The summed E-state index contributed by atoms with van der Waals surface area (Å²) in [5.74, 6) is 0.898. The van der Waals surface area contributed by atoms with Crippen LogP contribution in [0.4, 0.5) is 0 Å². The number of hydrogen-bond donors (Lipinski definition) is 0. The maximum Gasteiger partial charge on any atom is 0.128 e. The second-order valence-electron chi connectivity index (χ2n) is 5.27. The third-order valence-electron chi connectivity index (χ3n) is 3.88. The molecule has 0 radical (unpaired) electrons. The van der Waals surface area contributed by atoms with Crippen molar-refractivity contribution in [3.63, 3.8) is 0 Å². The molecule has 1 aromatic heterocycles. The van der Waals surface area contributed by atoms with Gasteiger partial charge in [0.2, 0.25) is 0 Å². The number of rotatable bonds is 4. The minimum Gasteiger partial charge on any atom is -0.378 e. The van der Waals surface area contributed by atoms with E-state index in [1.807, 2.05) is 32.0 Å². The summed E-state index contributed by atoms with van der Waals surface area (Å²) >= 11 is 12.7. The molecular formula is C15H18Cl2N2O. The quantitative estimate of drug-likeness (QED) is 0.763. The van der Waals surface area contributed by atoms with Gasteiger partial charge in [0.05, 0.1) is 27.5 Å². The zero-order valence-electron chi connectivity index (χ0n) is 11.6. The molecule has 108 valence electrons. The summed E-state index contributed by atoms with van der Waals surface area (Å²) < 4.78 is 7.86. The van der Waals surface area contributed by atoms with Gasteiger partial charge in [0.15, 0.2) is 0 Å². The van der Waals surface area contributed by atoms with E-state index in [9.17, 15) is 0 Å². The highest BCUT2D eigenvalue weighted by atomic mass is 35.5. The van der Waals surface area contributed by atoms with Crippen LogP contribution < -0.4 is 0 Å². The van der Waals surface area contributed by atoms with E-state index < -0.39 is 0 Å². The van der Waals surface area contributed by atoms with Crippen LogP contribution in [0.1, 0.15) is 43.9 Å². The van der Waals surface area contributed by atoms with Gasteiger partial charge in [-0.2, -0.15) is 0 Å². The molecule has 1 aliphatic carbocycles. The molecule has 2 aromatic rings. The molecule has 20 heavy (non-hydrogen) atoms. The predicted octanol–water partition coefficient (Wildman–Crippen LogP) is 4.73. The fourth-order valence-electron chi connectivity index (χ4n) is 2.90. The lowest BCUT2D eigenvalue weighted by molar-refractivity contribution is -0.0193. The molecule has 0 spiro atoms. The standard InChI is InChI=1S/C15H18Cl2N2O/c1-3-20-11-7-10(8-11)19-14-12(17)5-4-6-13(14)18-15(19)9(2)16/h4-6,9-11H,3,7-8H2,1-2H3. The molecule has 0 amide bonds. The predicted molar refractivity (Wildman–Crippen MR) is 82.7 cm³/mol. The van der Waals surface area contributed by atoms with E-state index in [0.29, 0.717) is 12.1 Å². The number of benzene rings is 1. The number of fused-ring (bicyclic) bond motifs is 1. The van der Waals surface area contributed by atoms with Gasteiger partial charge in [-0.25, -0.2) is 4.98 Å². The number of aromatic nitrogens is 2. The lowest BCUT2D eigenvalue weighted by Crippen LogP contribution is -2.34. The van der Waals surface area contributed by atoms with Crippen LogP contribution in [-0.4, -0.2) is 22.3 Å². The smallest absolute Gasteiger partial charge is 0.128 e. The number of alkyl halides is 1. The fraction of sp³-hybridized carbons (Fsp3) is 0.533. The van der Waals surface area contributed by atoms with Crippen molar-refractivity contribution < 1.29 is 4.74 Å². The molecular weight excluding hydrogens is 295 g/mol. The van der Waals surface area contributed by atoms with E-state index in [1.165, 1.54) is 0 Å². The average Bonchev–Trinajstić information content (AvgIpc) is 2.74. The average molecular weight is 313 g/mol. The maximum absolute atomic E-state index is 6.37. The lowest BCUT2D eigenvalue weighted by Gasteiger charge is -2.37. The van der Waals surface area contributed by atoms with Crippen molar-refractivity contribution in [2.75, 3.05) is 6.61 Å². The van der Waals surface area contributed by atoms with Crippen LogP contribution >= 0.6 is 23.2 Å². The van der Waals surface area contributed by atoms with Crippen LogP contribution in [0.5, 0.6) is 0 Å². The largest absolute Gasteiger partial charge is 0.378 e. The molecule has 1 fully saturated rings. The van der Waals surface area contributed by atoms with Gasteiger partial charge in [-0.3, -0.25) is 0 Å². The Labute approximate surface area is 128 Å².